The Labute approximate surface area is 127 Å². The first-order valence-corrected chi connectivity index (χ1v) is 7.17. The molecule has 1 amide bonds. The summed E-state index contributed by atoms with van der Waals surface area (Å²) in [6.07, 6.45) is 1.87. The van der Waals surface area contributed by atoms with Crippen LogP contribution in [0.4, 0.5) is 5.69 Å². The molecule has 22 heavy (non-hydrogen) atoms. The summed E-state index contributed by atoms with van der Waals surface area (Å²) in [4.78, 5) is 15.6. The molecule has 106 valence electrons. The van der Waals surface area contributed by atoms with E-state index in [-0.39, 0.29) is 5.91 Å². The summed E-state index contributed by atoms with van der Waals surface area (Å²) in [6, 6.07) is 21.6. The summed E-state index contributed by atoms with van der Waals surface area (Å²) >= 11 is 0. The average Bonchev–Trinajstić information content (AvgIpc) is 3.02. The number of nitrogens with one attached hydrogen (secondary N) is 2. The Morgan fingerprint density at radius 2 is 1.73 bits per heavy atom. The first kappa shape index (κ1) is 12.7. The smallest absolute Gasteiger partial charge is 0.255 e. The molecule has 0 atom stereocenters. The quantitative estimate of drug-likeness (QED) is 0.557. The van der Waals surface area contributed by atoms with E-state index in [9.17, 15) is 4.79 Å². The molecule has 3 heteroatoms. The summed E-state index contributed by atoms with van der Waals surface area (Å²) in [7, 11) is 0. The molecule has 4 aromatic rings. The number of aromatic nitrogens is 1. The maximum atomic E-state index is 12.5. The van der Waals surface area contributed by atoms with E-state index in [1.165, 1.54) is 0 Å². The predicted molar refractivity (Wildman–Crippen MR) is 90.2 cm³/mol. The lowest BCUT2D eigenvalue weighted by Crippen LogP contribution is -2.12. The van der Waals surface area contributed by atoms with Crippen molar-refractivity contribution >= 4 is 33.3 Å². The van der Waals surface area contributed by atoms with Gasteiger partial charge in [0.05, 0.1) is 0 Å². The number of fused-ring (bicyclic) bond motifs is 2. The van der Waals surface area contributed by atoms with Gasteiger partial charge in [-0.2, -0.15) is 0 Å². The van der Waals surface area contributed by atoms with Gasteiger partial charge in [0.15, 0.2) is 0 Å². The molecule has 0 saturated carbocycles. The molecule has 0 aliphatic carbocycles. The molecule has 0 aliphatic heterocycles. The molecule has 1 heterocycles. The van der Waals surface area contributed by atoms with Crippen LogP contribution in [-0.4, -0.2) is 10.9 Å². The van der Waals surface area contributed by atoms with E-state index >= 15 is 0 Å². The third kappa shape index (κ3) is 2.13. The molecule has 0 spiro atoms. The van der Waals surface area contributed by atoms with Crippen molar-refractivity contribution in [1.82, 2.24) is 4.98 Å². The van der Waals surface area contributed by atoms with Crippen molar-refractivity contribution in [2.45, 2.75) is 0 Å². The summed E-state index contributed by atoms with van der Waals surface area (Å²) in [6.45, 7) is 0. The van der Waals surface area contributed by atoms with Crippen LogP contribution in [0, 0.1) is 0 Å². The van der Waals surface area contributed by atoms with Crippen molar-refractivity contribution in [1.29, 1.82) is 0 Å². The molecule has 0 aliphatic rings. The Morgan fingerprint density at radius 1 is 0.864 bits per heavy atom. The highest BCUT2D eigenvalue weighted by molar-refractivity contribution is 6.10. The molecule has 0 fully saturated rings. The van der Waals surface area contributed by atoms with Crippen molar-refractivity contribution in [2.75, 3.05) is 5.32 Å². The molecular formula is C19H14N2O. The van der Waals surface area contributed by atoms with Crippen LogP contribution in [-0.2, 0) is 0 Å². The number of carbonyl (C=O) groups excluding carboxylic acids is 1. The van der Waals surface area contributed by atoms with Gasteiger partial charge in [-0.15, -0.1) is 0 Å². The van der Waals surface area contributed by atoms with Crippen LogP contribution in [0.2, 0.25) is 0 Å². The van der Waals surface area contributed by atoms with E-state index in [2.05, 4.69) is 10.3 Å². The molecule has 0 unspecified atom stereocenters. The largest absolute Gasteiger partial charge is 0.361 e. The van der Waals surface area contributed by atoms with E-state index in [0.717, 1.165) is 27.4 Å². The summed E-state index contributed by atoms with van der Waals surface area (Å²) in [5, 5.41) is 6.26. The van der Waals surface area contributed by atoms with Crippen molar-refractivity contribution < 1.29 is 4.79 Å². The lowest BCUT2D eigenvalue weighted by Gasteiger charge is -2.09. The van der Waals surface area contributed by atoms with Gasteiger partial charge in [0.25, 0.3) is 5.91 Å². The molecule has 4 rings (SSSR count). The Morgan fingerprint density at radius 3 is 2.68 bits per heavy atom. The maximum absolute atomic E-state index is 12.5. The molecular weight excluding hydrogens is 272 g/mol. The predicted octanol–water partition coefficient (Wildman–Crippen LogP) is 4.57. The third-order valence-electron chi connectivity index (χ3n) is 3.86. The van der Waals surface area contributed by atoms with Crippen LogP contribution < -0.4 is 5.32 Å². The van der Waals surface area contributed by atoms with Gasteiger partial charge in [0.1, 0.15) is 0 Å². The van der Waals surface area contributed by atoms with E-state index in [1.807, 2.05) is 72.9 Å². The van der Waals surface area contributed by atoms with Crippen molar-refractivity contribution in [2.24, 2.45) is 0 Å². The van der Waals surface area contributed by atoms with Crippen LogP contribution >= 0.6 is 0 Å². The topological polar surface area (TPSA) is 44.9 Å². The zero-order valence-corrected chi connectivity index (χ0v) is 11.8. The van der Waals surface area contributed by atoms with Gasteiger partial charge in [-0.05, 0) is 35.0 Å². The van der Waals surface area contributed by atoms with Gasteiger partial charge in [-0.3, -0.25) is 4.79 Å². The first-order valence-electron chi connectivity index (χ1n) is 7.17. The SMILES string of the molecule is O=C(Nc1cccc2ccccc12)c1ccc2cc[nH]c2c1. The molecule has 2 N–H and O–H groups in total. The molecule has 3 nitrogen and oxygen atoms in total. The molecule has 0 bridgehead atoms. The first-order chi connectivity index (χ1) is 10.8. The van der Waals surface area contributed by atoms with Gasteiger partial charge in [0.2, 0.25) is 0 Å². The van der Waals surface area contributed by atoms with E-state index < -0.39 is 0 Å². The van der Waals surface area contributed by atoms with Crippen molar-refractivity contribution in [3.63, 3.8) is 0 Å². The van der Waals surface area contributed by atoms with E-state index in [4.69, 9.17) is 0 Å². The summed E-state index contributed by atoms with van der Waals surface area (Å²) in [5.41, 5.74) is 2.43. The van der Waals surface area contributed by atoms with Crippen LogP contribution in [0.15, 0.2) is 72.9 Å². The van der Waals surface area contributed by atoms with Gasteiger partial charge < -0.3 is 10.3 Å². The van der Waals surface area contributed by atoms with Gasteiger partial charge in [-0.25, -0.2) is 0 Å². The number of carbonyl (C=O) groups is 1. The van der Waals surface area contributed by atoms with E-state index in [0.29, 0.717) is 5.56 Å². The number of hydrogen-bond acceptors (Lipinski definition) is 1. The molecule has 3 aromatic carbocycles. The van der Waals surface area contributed by atoms with Gasteiger partial charge >= 0.3 is 0 Å². The second-order valence-electron chi connectivity index (χ2n) is 5.26. The number of rotatable bonds is 2. The lowest BCUT2D eigenvalue weighted by molar-refractivity contribution is 0.102. The standard InChI is InChI=1S/C19H14N2O/c22-19(15-9-8-14-10-11-20-18(14)12-15)21-17-7-3-5-13-4-1-2-6-16(13)17/h1-12,20H,(H,21,22). The minimum atomic E-state index is -0.104. The lowest BCUT2D eigenvalue weighted by atomic mass is 10.1. The number of hydrogen-bond donors (Lipinski definition) is 2. The Hall–Kier alpha value is -3.07. The van der Waals surface area contributed by atoms with Crippen molar-refractivity contribution in [3.8, 4) is 0 Å². The van der Waals surface area contributed by atoms with Crippen LogP contribution in [0.5, 0.6) is 0 Å². The highest BCUT2D eigenvalue weighted by atomic mass is 16.1. The van der Waals surface area contributed by atoms with E-state index in [1.54, 1.807) is 0 Å². The maximum Gasteiger partial charge on any atom is 0.255 e. The Balaban J connectivity index is 1.71. The fraction of sp³-hybridized carbons (Fsp3) is 0. The molecule has 0 saturated heterocycles. The van der Waals surface area contributed by atoms with Crippen molar-refractivity contribution in [3.05, 3.63) is 78.5 Å². The van der Waals surface area contributed by atoms with Gasteiger partial charge in [-0.1, -0.05) is 42.5 Å². The zero-order chi connectivity index (χ0) is 14.9. The number of aromatic amines is 1. The third-order valence-corrected chi connectivity index (χ3v) is 3.86. The Kier molecular flexibility index (Phi) is 2.90. The van der Waals surface area contributed by atoms with Gasteiger partial charge in [0, 0.05) is 28.4 Å². The number of anilines is 1. The van der Waals surface area contributed by atoms with Crippen LogP contribution in [0.1, 0.15) is 10.4 Å². The normalized spacial score (nSPS) is 10.9. The minimum Gasteiger partial charge on any atom is -0.361 e. The fourth-order valence-corrected chi connectivity index (χ4v) is 2.72. The van der Waals surface area contributed by atoms with Crippen LogP contribution in [0.25, 0.3) is 21.7 Å². The second kappa shape index (κ2) is 5.04. The number of H-pyrrole nitrogens is 1. The summed E-state index contributed by atoms with van der Waals surface area (Å²) < 4.78 is 0. The zero-order valence-electron chi connectivity index (χ0n) is 11.8. The second-order valence-corrected chi connectivity index (χ2v) is 5.26. The average molecular weight is 286 g/mol. The summed E-state index contributed by atoms with van der Waals surface area (Å²) in [5.74, 6) is -0.104. The molecule has 0 radical (unpaired) electrons. The Bertz CT molecular complexity index is 979. The minimum absolute atomic E-state index is 0.104. The molecule has 1 aromatic heterocycles. The highest BCUT2D eigenvalue weighted by Crippen LogP contribution is 2.24. The number of amides is 1. The number of benzene rings is 3. The monoisotopic (exact) mass is 286 g/mol. The highest BCUT2D eigenvalue weighted by Gasteiger charge is 2.09. The van der Waals surface area contributed by atoms with Crippen LogP contribution in [0.3, 0.4) is 0 Å². The fourth-order valence-electron chi connectivity index (χ4n) is 2.72.